The van der Waals surface area contributed by atoms with Crippen LogP contribution in [-0.2, 0) is 4.74 Å². The van der Waals surface area contributed by atoms with Gasteiger partial charge < -0.3 is 15.4 Å². The molecule has 1 unspecified atom stereocenters. The van der Waals surface area contributed by atoms with Crippen LogP contribution in [0.15, 0.2) is 0 Å². The maximum Gasteiger partial charge on any atom is 0.314 e. The molecule has 0 rings (SSSR count). The average Bonchev–Trinajstić information content (AvgIpc) is 2.43. The fourth-order valence-electron chi connectivity index (χ4n) is 1.83. The predicted molar refractivity (Wildman–Crippen MR) is 80.4 cm³/mol. The lowest BCUT2D eigenvalue weighted by Crippen LogP contribution is -2.36. The van der Waals surface area contributed by atoms with Gasteiger partial charge in [-0.3, -0.25) is 0 Å². The van der Waals surface area contributed by atoms with E-state index in [1.54, 1.807) is 0 Å². The second kappa shape index (κ2) is 13.7. The van der Waals surface area contributed by atoms with Gasteiger partial charge in [0.25, 0.3) is 0 Å². The van der Waals surface area contributed by atoms with Crippen molar-refractivity contribution in [3.63, 3.8) is 0 Å². The van der Waals surface area contributed by atoms with Crippen molar-refractivity contribution in [3.8, 4) is 0 Å². The van der Waals surface area contributed by atoms with Crippen LogP contribution in [0.1, 0.15) is 59.3 Å². The molecule has 4 nitrogen and oxygen atoms in total. The molecule has 0 radical (unpaired) electrons. The molecular weight excluding hydrogens is 240 g/mol. The first-order valence-corrected chi connectivity index (χ1v) is 7.83. The molecule has 2 amide bonds. The van der Waals surface area contributed by atoms with Crippen LogP contribution >= 0.6 is 0 Å². The summed E-state index contributed by atoms with van der Waals surface area (Å²) in [5.41, 5.74) is 0. The van der Waals surface area contributed by atoms with Gasteiger partial charge in [0.05, 0.1) is 0 Å². The van der Waals surface area contributed by atoms with Crippen molar-refractivity contribution < 1.29 is 9.53 Å². The Labute approximate surface area is 118 Å². The lowest BCUT2D eigenvalue weighted by Gasteiger charge is -2.14. The van der Waals surface area contributed by atoms with Crippen LogP contribution in [0.25, 0.3) is 0 Å². The van der Waals surface area contributed by atoms with E-state index in [2.05, 4.69) is 24.5 Å². The molecule has 0 spiro atoms. The number of hydrogen-bond acceptors (Lipinski definition) is 2. The SMILES string of the molecule is CCCCC(CC)COCCCNC(=O)NCCC. The molecule has 0 saturated carbocycles. The Kier molecular flexibility index (Phi) is 13.1. The smallest absolute Gasteiger partial charge is 0.314 e. The molecular formula is C15H32N2O2. The number of urea groups is 1. The lowest BCUT2D eigenvalue weighted by atomic mass is 10.0. The quantitative estimate of drug-likeness (QED) is 0.535. The monoisotopic (exact) mass is 272 g/mol. The molecule has 0 aliphatic carbocycles. The standard InChI is InChI=1S/C15H32N2O2/c1-4-7-9-14(6-3)13-19-12-8-11-17-15(18)16-10-5-2/h14H,4-13H2,1-3H3,(H2,16,17,18). The van der Waals surface area contributed by atoms with Crippen molar-refractivity contribution in [2.75, 3.05) is 26.3 Å². The van der Waals surface area contributed by atoms with Gasteiger partial charge in [-0.1, -0.05) is 40.0 Å². The van der Waals surface area contributed by atoms with E-state index in [4.69, 9.17) is 4.74 Å². The number of carbonyl (C=O) groups is 1. The molecule has 0 aromatic rings. The van der Waals surface area contributed by atoms with Crippen LogP contribution in [-0.4, -0.2) is 32.3 Å². The molecule has 1 atom stereocenters. The summed E-state index contributed by atoms with van der Waals surface area (Å²) in [7, 11) is 0. The molecule has 4 heteroatoms. The van der Waals surface area contributed by atoms with Gasteiger partial charge in [-0.25, -0.2) is 4.79 Å². The third-order valence-corrected chi connectivity index (χ3v) is 3.18. The van der Waals surface area contributed by atoms with Crippen molar-refractivity contribution in [1.29, 1.82) is 0 Å². The number of nitrogens with one attached hydrogen (secondary N) is 2. The minimum atomic E-state index is -0.0729. The van der Waals surface area contributed by atoms with Gasteiger partial charge in [0.2, 0.25) is 0 Å². The number of rotatable bonds is 12. The van der Waals surface area contributed by atoms with Gasteiger partial charge in [0.15, 0.2) is 0 Å². The van der Waals surface area contributed by atoms with Crippen LogP contribution in [0, 0.1) is 5.92 Å². The van der Waals surface area contributed by atoms with Gasteiger partial charge in [0, 0.05) is 26.3 Å². The topological polar surface area (TPSA) is 50.4 Å². The average molecular weight is 272 g/mol. The zero-order valence-corrected chi connectivity index (χ0v) is 13.0. The lowest BCUT2D eigenvalue weighted by molar-refractivity contribution is 0.0924. The number of unbranched alkanes of at least 4 members (excludes halogenated alkanes) is 1. The molecule has 19 heavy (non-hydrogen) atoms. The van der Waals surface area contributed by atoms with Gasteiger partial charge in [-0.2, -0.15) is 0 Å². The molecule has 0 fully saturated rings. The minimum absolute atomic E-state index is 0.0729. The van der Waals surface area contributed by atoms with E-state index in [0.29, 0.717) is 12.5 Å². The molecule has 0 aromatic carbocycles. The van der Waals surface area contributed by atoms with E-state index >= 15 is 0 Å². The highest BCUT2D eigenvalue weighted by molar-refractivity contribution is 5.73. The van der Waals surface area contributed by atoms with E-state index in [-0.39, 0.29) is 6.03 Å². The van der Waals surface area contributed by atoms with Crippen LogP contribution < -0.4 is 10.6 Å². The summed E-state index contributed by atoms with van der Waals surface area (Å²) in [6.45, 7) is 9.50. The number of carbonyl (C=O) groups excluding carboxylic acids is 1. The molecule has 2 N–H and O–H groups in total. The summed E-state index contributed by atoms with van der Waals surface area (Å²) in [6.07, 6.45) is 6.85. The summed E-state index contributed by atoms with van der Waals surface area (Å²) in [6, 6.07) is -0.0729. The van der Waals surface area contributed by atoms with E-state index < -0.39 is 0 Å². The third kappa shape index (κ3) is 12.0. The van der Waals surface area contributed by atoms with Gasteiger partial charge in [-0.15, -0.1) is 0 Å². The molecule has 114 valence electrons. The Morgan fingerprint density at radius 2 is 1.79 bits per heavy atom. The minimum Gasteiger partial charge on any atom is -0.381 e. The van der Waals surface area contributed by atoms with Crippen molar-refractivity contribution >= 4 is 6.03 Å². The van der Waals surface area contributed by atoms with Crippen LogP contribution in [0.2, 0.25) is 0 Å². The largest absolute Gasteiger partial charge is 0.381 e. The molecule has 0 aliphatic heterocycles. The Bertz CT molecular complexity index is 210. The Morgan fingerprint density at radius 1 is 1.05 bits per heavy atom. The second-order valence-electron chi connectivity index (χ2n) is 5.03. The first-order valence-electron chi connectivity index (χ1n) is 7.83. The van der Waals surface area contributed by atoms with Gasteiger partial charge in [0.1, 0.15) is 0 Å². The summed E-state index contributed by atoms with van der Waals surface area (Å²) in [5.74, 6) is 0.695. The maximum atomic E-state index is 11.2. The Hall–Kier alpha value is -0.770. The van der Waals surface area contributed by atoms with E-state index in [9.17, 15) is 4.79 Å². The highest BCUT2D eigenvalue weighted by Gasteiger charge is 2.05. The van der Waals surface area contributed by atoms with Crippen LogP contribution in [0.3, 0.4) is 0 Å². The summed E-state index contributed by atoms with van der Waals surface area (Å²) in [4.78, 5) is 11.2. The number of hydrogen-bond donors (Lipinski definition) is 2. The van der Waals surface area contributed by atoms with Crippen molar-refractivity contribution in [2.45, 2.75) is 59.3 Å². The zero-order valence-electron chi connectivity index (χ0n) is 13.0. The van der Waals surface area contributed by atoms with Crippen molar-refractivity contribution in [3.05, 3.63) is 0 Å². The molecule has 0 saturated heterocycles. The highest BCUT2D eigenvalue weighted by Crippen LogP contribution is 2.12. The second-order valence-corrected chi connectivity index (χ2v) is 5.03. The molecule has 0 aromatic heterocycles. The van der Waals surface area contributed by atoms with E-state index in [0.717, 1.165) is 32.6 Å². The van der Waals surface area contributed by atoms with Gasteiger partial charge in [-0.05, 0) is 25.2 Å². The Morgan fingerprint density at radius 3 is 2.42 bits per heavy atom. The van der Waals surface area contributed by atoms with E-state index in [1.165, 1.54) is 25.7 Å². The van der Waals surface area contributed by atoms with Crippen LogP contribution in [0.5, 0.6) is 0 Å². The maximum absolute atomic E-state index is 11.2. The predicted octanol–water partition coefficient (Wildman–Crippen LogP) is 3.32. The first kappa shape index (κ1) is 18.2. The Balaban J connectivity index is 3.35. The van der Waals surface area contributed by atoms with Crippen molar-refractivity contribution in [2.24, 2.45) is 5.92 Å². The van der Waals surface area contributed by atoms with Crippen LogP contribution in [0.4, 0.5) is 4.79 Å². The number of ether oxygens (including phenoxy) is 1. The zero-order chi connectivity index (χ0) is 14.3. The van der Waals surface area contributed by atoms with Gasteiger partial charge >= 0.3 is 6.03 Å². The first-order chi connectivity index (χ1) is 9.24. The summed E-state index contributed by atoms with van der Waals surface area (Å²) in [5, 5.41) is 5.61. The molecule has 0 bridgehead atoms. The van der Waals surface area contributed by atoms with Crippen molar-refractivity contribution in [1.82, 2.24) is 10.6 Å². The third-order valence-electron chi connectivity index (χ3n) is 3.18. The molecule has 0 aliphatic rings. The normalized spacial score (nSPS) is 12.2. The fourth-order valence-corrected chi connectivity index (χ4v) is 1.83. The fraction of sp³-hybridized carbons (Fsp3) is 0.933. The number of amides is 2. The summed E-state index contributed by atoms with van der Waals surface area (Å²) >= 11 is 0. The highest BCUT2D eigenvalue weighted by atomic mass is 16.5. The molecule has 0 heterocycles. The van der Waals surface area contributed by atoms with E-state index in [1.807, 2.05) is 6.92 Å². The summed E-state index contributed by atoms with van der Waals surface area (Å²) < 4.78 is 5.67.